The Morgan fingerprint density at radius 2 is 2.07 bits per heavy atom. The van der Waals surface area contributed by atoms with Crippen LogP contribution >= 0.6 is 0 Å². The summed E-state index contributed by atoms with van der Waals surface area (Å²) in [5.74, 6) is 1.17. The van der Waals surface area contributed by atoms with Crippen LogP contribution in [0.2, 0.25) is 0 Å². The average molecular weight is 203 g/mol. The lowest BCUT2D eigenvalue weighted by Crippen LogP contribution is -2.28. The third-order valence-corrected chi connectivity index (χ3v) is 2.61. The molecule has 0 aliphatic carbocycles. The van der Waals surface area contributed by atoms with Crippen molar-refractivity contribution in [3.05, 3.63) is 35.9 Å². The second kappa shape index (κ2) is 4.94. The van der Waals surface area contributed by atoms with Crippen LogP contribution in [0.15, 0.2) is 35.3 Å². The van der Waals surface area contributed by atoms with E-state index in [1.807, 2.05) is 6.07 Å². The monoisotopic (exact) mass is 203 g/mol. The van der Waals surface area contributed by atoms with Crippen molar-refractivity contribution in [3.63, 3.8) is 0 Å². The number of benzene rings is 1. The lowest BCUT2D eigenvalue weighted by atomic mass is 10.2. The van der Waals surface area contributed by atoms with Gasteiger partial charge in [-0.05, 0) is 12.1 Å². The number of amidine groups is 1. The first-order chi connectivity index (χ1) is 7.40. The van der Waals surface area contributed by atoms with Crippen molar-refractivity contribution in [1.29, 1.82) is 0 Å². The molecular weight excluding hydrogens is 186 g/mol. The zero-order valence-corrected chi connectivity index (χ0v) is 8.89. The highest BCUT2D eigenvalue weighted by Crippen LogP contribution is 2.10. The fourth-order valence-electron chi connectivity index (χ4n) is 1.87. The zero-order chi connectivity index (χ0) is 10.5. The Morgan fingerprint density at radius 3 is 2.80 bits per heavy atom. The minimum atomic E-state index is 0.685. The topological polar surface area (TPSA) is 41.6 Å². The summed E-state index contributed by atoms with van der Waals surface area (Å²) in [7, 11) is 0. The summed E-state index contributed by atoms with van der Waals surface area (Å²) in [5, 5.41) is 0. The maximum absolute atomic E-state index is 5.56. The number of nitrogens with zero attached hydrogens (tertiary/aromatic N) is 2. The minimum Gasteiger partial charge on any atom is -0.354 e. The van der Waals surface area contributed by atoms with Crippen LogP contribution in [0.25, 0.3) is 0 Å². The van der Waals surface area contributed by atoms with Crippen molar-refractivity contribution < 1.29 is 0 Å². The van der Waals surface area contributed by atoms with E-state index >= 15 is 0 Å². The van der Waals surface area contributed by atoms with E-state index in [1.54, 1.807) is 0 Å². The van der Waals surface area contributed by atoms with E-state index < -0.39 is 0 Å². The van der Waals surface area contributed by atoms with Crippen LogP contribution in [0.3, 0.4) is 0 Å². The van der Waals surface area contributed by atoms with Crippen molar-refractivity contribution in [3.8, 4) is 0 Å². The third kappa shape index (κ3) is 2.57. The van der Waals surface area contributed by atoms with Crippen molar-refractivity contribution in [2.24, 2.45) is 10.7 Å². The SMILES string of the molecule is NCCC1=NCCN1Cc1ccccc1. The Morgan fingerprint density at radius 1 is 1.27 bits per heavy atom. The van der Waals surface area contributed by atoms with Gasteiger partial charge in [-0.1, -0.05) is 30.3 Å². The van der Waals surface area contributed by atoms with Gasteiger partial charge in [-0.15, -0.1) is 0 Å². The van der Waals surface area contributed by atoms with Crippen molar-refractivity contribution in [2.45, 2.75) is 13.0 Å². The molecule has 0 radical (unpaired) electrons. The lowest BCUT2D eigenvalue weighted by molar-refractivity contribution is 0.444. The number of rotatable bonds is 4. The predicted octanol–water partition coefficient (Wildman–Crippen LogP) is 1.25. The fourth-order valence-corrected chi connectivity index (χ4v) is 1.87. The number of hydrogen-bond acceptors (Lipinski definition) is 3. The van der Waals surface area contributed by atoms with Crippen molar-refractivity contribution >= 4 is 5.84 Å². The molecule has 1 aromatic carbocycles. The number of aliphatic imine (C=N–C) groups is 1. The standard InChI is InChI=1S/C12H17N3/c13-7-6-12-14-8-9-15(12)10-11-4-2-1-3-5-11/h1-5H,6-10,13H2. The third-order valence-electron chi connectivity index (χ3n) is 2.61. The molecule has 1 aliphatic rings. The molecule has 3 nitrogen and oxygen atoms in total. The fraction of sp³-hybridized carbons (Fsp3) is 0.417. The van der Waals surface area contributed by atoms with E-state index in [1.165, 1.54) is 11.4 Å². The van der Waals surface area contributed by atoms with Gasteiger partial charge < -0.3 is 10.6 Å². The van der Waals surface area contributed by atoms with Gasteiger partial charge >= 0.3 is 0 Å². The van der Waals surface area contributed by atoms with Crippen molar-refractivity contribution in [1.82, 2.24) is 4.90 Å². The smallest absolute Gasteiger partial charge is 0.101 e. The average Bonchev–Trinajstić information content (AvgIpc) is 2.68. The largest absolute Gasteiger partial charge is 0.354 e. The molecule has 0 bridgehead atoms. The van der Waals surface area contributed by atoms with Gasteiger partial charge in [0.25, 0.3) is 0 Å². The molecule has 0 amide bonds. The molecule has 80 valence electrons. The Hall–Kier alpha value is -1.35. The molecule has 0 spiro atoms. The highest BCUT2D eigenvalue weighted by Gasteiger charge is 2.15. The van der Waals surface area contributed by atoms with E-state index in [0.717, 1.165) is 26.1 Å². The van der Waals surface area contributed by atoms with Crippen LogP contribution in [-0.2, 0) is 6.54 Å². The second-order valence-electron chi connectivity index (χ2n) is 3.74. The van der Waals surface area contributed by atoms with Gasteiger partial charge in [0.2, 0.25) is 0 Å². The second-order valence-corrected chi connectivity index (χ2v) is 3.74. The van der Waals surface area contributed by atoms with E-state index in [0.29, 0.717) is 6.54 Å². The molecule has 0 atom stereocenters. The van der Waals surface area contributed by atoms with Crippen LogP contribution in [0.1, 0.15) is 12.0 Å². The first-order valence-electron chi connectivity index (χ1n) is 5.42. The summed E-state index contributed by atoms with van der Waals surface area (Å²) < 4.78 is 0. The van der Waals surface area contributed by atoms with Crippen LogP contribution in [0.4, 0.5) is 0 Å². The van der Waals surface area contributed by atoms with Gasteiger partial charge in [-0.25, -0.2) is 0 Å². The van der Waals surface area contributed by atoms with E-state index in [9.17, 15) is 0 Å². The Bertz CT molecular complexity index is 332. The van der Waals surface area contributed by atoms with Crippen molar-refractivity contribution in [2.75, 3.05) is 19.6 Å². The van der Waals surface area contributed by atoms with Gasteiger partial charge in [0.1, 0.15) is 5.84 Å². The molecule has 15 heavy (non-hydrogen) atoms. The summed E-state index contributed by atoms with van der Waals surface area (Å²) in [6, 6.07) is 10.5. The Labute approximate surface area is 90.6 Å². The van der Waals surface area contributed by atoms with Gasteiger partial charge in [-0.2, -0.15) is 0 Å². The van der Waals surface area contributed by atoms with Crippen LogP contribution < -0.4 is 5.73 Å². The Balaban J connectivity index is 1.98. The summed E-state index contributed by atoms with van der Waals surface area (Å²) in [4.78, 5) is 6.79. The summed E-state index contributed by atoms with van der Waals surface area (Å²) in [6.07, 6.45) is 0.896. The molecule has 3 heteroatoms. The number of nitrogens with two attached hydrogens (primary N) is 1. The Kier molecular flexibility index (Phi) is 3.35. The van der Waals surface area contributed by atoms with E-state index in [-0.39, 0.29) is 0 Å². The molecule has 1 aliphatic heterocycles. The molecule has 0 fully saturated rings. The van der Waals surface area contributed by atoms with Gasteiger partial charge in [0, 0.05) is 19.5 Å². The maximum Gasteiger partial charge on any atom is 0.101 e. The normalized spacial score (nSPS) is 15.5. The molecule has 2 rings (SSSR count). The van der Waals surface area contributed by atoms with Gasteiger partial charge in [0.15, 0.2) is 0 Å². The predicted molar refractivity (Wildman–Crippen MR) is 62.8 cm³/mol. The first-order valence-corrected chi connectivity index (χ1v) is 5.42. The molecule has 1 aromatic rings. The highest BCUT2D eigenvalue weighted by atomic mass is 15.2. The summed E-state index contributed by atoms with van der Waals surface area (Å²) in [6.45, 7) is 3.59. The van der Waals surface area contributed by atoms with Crippen LogP contribution in [0, 0.1) is 0 Å². The number of hydrogen-bond donors (Lipinski definition) is 1. The molecule has 0 saturated carbocycles. The van der Waals surface area contributed by atoms with E-state index in [4.69, 9.17) is 5.73 Å². The maximum atomic E-state index is 5.56. The molecular formula is C12H17N3. The molecule has 1 heterocycles. The van der Waals surface area contributed by atoms with Gasteiger partial charge in [0.05, 0.1) is 6.54 Å². The van der Waals surface area contributed by atoms with Crippen LogP contribution in [-0.4, -0.2) is 30.4 Å². The molecule has 0 aromatic heterocycles. The first kappa shape index (κ1) is 10.2. The zero-order valence-electron chi connectivity index (χ0n) is 8.89. The minimum absolute atomic E-state index is 0.685. The lowest BCUT2D eigenvalue weighted by Gasteiger charge is -2.20. The molecule has 0 unspecified atom stereocenters. The highest BCUT2D eigenvalue weighted by molar-refractivity contribution is 5.83. The van der Waals surface area contributed by atoms with E-state index in [2.05, 4.69) is 34.2 Å². The summed E-state index contributed by atoms with van der Waals surface area (Å²) >= 11 is 0. The molecule has 0 saturated heterocycles. The molecule has 2 N–H and O–H groups in total. The quantitative estimate of drug-likeness (QED) is 0.800. The summed E-state index contributed by atoms with van der Waals surface area (Å²) in [5.41, 5.74) is 6.89. The van der Waals surface area contributed by atoms with Crippen LogP contribution in [0.5, 0.6) is 0 Å². The van der Waals surface area contributed by atoms with Gasteiger partial charge in [-0.3, -0.25) is 4.99 Å².